The van der Waals surface area contributed by atoms with Gasteiger partial charge in [-0.3, -0.25) is 4.79 Å². The van der Waals surface area contributed by atoms with Crippen LogP contribution < -0.4 is 10.6 Å². The molecule has 0 unspecified atom stereocenters. The predicted molar refractivity (Wildman–Crippen MR) is 62.0 cm³/mol. The summed E-state index contributed by atoms with van der Waals surface area (Å²) in [5, 5.41) is 13.0. The third-order valence-electron chi connectivity index (χ3n) is 1.59. The molecule has 0 bridgehead atoms. The molecule has 2 N–H and O–H groups in total. The summed E-state index contributed by atoms with van der Waals surface area (Å²) in [7, 11) is 1.55. The number of rotatable bonds is 4. The molecule has 0 spiro atoms. The topological polar surface area (TPSA) is 66.9 Å². The Labute approximate surface area is 96.1 Å². The predicted octanol–water partition coefficient (Wildman–Crippen LogP) is 1.16. The second kappa shape index (κ2) is 5.45. The summed E-state index contributed by atoms with van der Waals surface area (Å²) in [5.74, 6) is 0.349. The van der Waals surface area contributed by atoms with Gasteiger partial charge in [0.15, 0.2) is 5.69 Å². The molecule has 0 aliphatic heterocycles. The van der Waals surface area contributed by atoms with Gasteiger partial charge in [-0.05, 0) is 12.1 Å². The van der Waals surface area contributed by atoms with Crippen LogP contribution in [-0.4, -0.2) is 29.7 Å². The van der Waals surface area contributed by atoms with Gasteiger partial charge >= 0.3 is 0 Å². The summed E-state index contributed by atoms with van der Waals surface area (Å²) in [6, 6.07) is 3.29. The molecular formula is C9H11BrN4O. The van der Waals surface area contributed by atoms with E-state index in [1.165, 1.54) is 0 Å². The standard InChI is InChI=1S/C9H11BrN4O/c1-6(10)5-12-8-4-3-7(13-14-8)9(15)11-2/h3-4H,1,5H2,2H3,(H,11,15)(H,12,14). The lowest BCUT2D eigenvalue weighted by molar-refractivity contribution is 0.0957. The molecule has 0 aliphatic carbocycles. The maximum absolute atomic E-state index is 11.1. The van der Waals surface area contributed by atoms with E-state index in [4.69, 9.17) is 0 Å². The van der Waals surface area contributed by atoms with Gasteiger partial charge < -0.3 is 10.6 Å². The Morgan fingerprint density at radius 2 is 2.27 bits per heavy atom. The lowest BCUT2D eigenvalue weighted by atomic mass is 10.3. The van der Waals surface area contributed by atoms with Gasteiger partial charge in [-0.1, -0.05) is 22.5 Å². The van der Waals surface area contributed by atoms with Crippen molar-refractivity contribution in [3.8, 4) is 0 Å². The highest BCUT2D eigenvalue weighted by atomic mass is 79.9. The normalized spacial score (nSPS) is 9.47. The number of amides is 1. The molecule has 5 nitrogen and oxygen atoms in total. The number of aromatic nitrogens is 2. The molecule has 1 aromatic rings. The van der Waals surface area contributed by atoms with E-state index in [1.807, 2.05) is 0 Å². The average Bonchev–Trinajstić information content (AvgIpc) is 2.26. The van der Waals surface area contributed by atoms with Crippen LogP contribution in [0.15, 0.2) is 23.2 Å². The number of nitrogens with zero attached hydrogens (tertiary/aromatic N) is 2. The van der Waals surface area contributed by atoms with Crippen molar-refractivity contribution >= 4 is 27.7 Å². The number of anilines is 1. The van der Waals surface area contributed by atoms with Crippen LogP contribution in [0.2, 0.25) is 0 Å². The van der Waals surface area contributed by atoms with Gasteiger partial charge in [-0.15, -0.1) is 10.2 Å². The minimum atomic E-state index is -0.251. The number of hydrogen-bond acceptors (Lipinski definition) is 4. The number of halogens is 1. The summed E-state index contributed by atoms with van der Waals surface area (Å²) in [6.07, 6.45) is 0. The Hall–Kier alpha value is -1.43. The molecule has 0 fully saturated rings. The third kappa shape index (κ3) is 3.67. The van der Waals surface area contributed by atoms with E-state index in [0.717, 1.165) is 4.48 Å². The summed E-state index contributed by atoms with van der Waals surface area (Å²) in [4.78, 5) is 11.1. The fraction of sp³-hybridized carbons (Fsp3) is 0.222. The van der Waals surface area contributed by atoms with E-state index in [1.54, 1.807) is 19.2 Å². The number of carbonyl (C=O) groups excluding carboxylic acids is 1. The van der Waals surface area contributed by atoms with Crippen LogP contribution in [0, 0.1) is 0 Å². The van der Waals surface area contributed by atoms with Gasteiger partial charge in [0.2, 0.25) is 0 Å². The van der Waals surface area contributed by atoms with Crippen molar-refractivity contribution < 1.29 is 4.79 Å². The average molecular weight is 271 g/mol. The van der Waals surface area contributed by atoms with Gasteiger partial charge in [-0.2, -0.15) is 0 Å². The van der Waals surface area contributed by atoms with Crippen LogP contribution in [0.1, 0.15) is 10.5 Å². The fourth-order valence-corrected chi connectivity index (χ4v) is 1.00. The quantitative estimate of drug-likeness (QED) is 0.862. The first-order valence-corrected chi connectivity index (χ1v) is 5.05. The van der Waals surface area contributed by atoms with Crippen LogP contribution in [0.5, 0.6) is 0 Å². The van der Waals surface area contributed by atoms with E-state index in [2.05, 4.69) is 43.3 Å². The molecule has 0 aliphatic rings. The van der Waals surface area contributed by atoms with Crippen molar-refractivity contribution in [3.05, 3.63) is 28.9 Å². The first-order valence-electron chi connectivity index (χ1n) is 4.26. The molecule has 0 atom stereocenters. The maximum atomic E-state index is 11.1. The summed E-state index contributed by atoms with van der Waals surface area (Å²) < 4.78 is 0.819. The molecule has 0 saturated heterocycles. The van der Waals surface area contributed by atoms with Crippen molar-refractivity contribution in [1.82, 2.24) is 15.5 Å². The van der Waals surface area contributed by atoms with Gasteiger partial charge in [-0.25, -0.2) is 0 Å². The minimum absolute atomic E-state index is 0.251. The van der Waals surface area contributed by atoms with Crippen LogP contribution in [0.25, 0.3) is 0 Å². The molecule has 1 rings (SSSR count). The second-order valence-electron chi connectivity index (χ2n) is 2.75. The fourth-order valence-electron chi connectivity index (χ4n) is 0.862. The Morgan fingerprint density at radius 3 is 2.73 bits per heavy atom. The van der Waals surface area contributed by atoms with E-state index in [-0.39, 0.29) is 5.91 Å². The number of nitrogens with one attached hydrogen (secondary N) is 2. The molecule has 6 heteroatoms. The molecule has 0 aromatic carbocycles. The SMILES string of the molecule is C=C(Br)CNc1ccc(C(=O)NC)nn1. The second-order valence-corrected chi connectivity index (χ2v) is 3.88. The molecule has 0 saturated carbocycles. The Kier molecular flexibility index (Phi) is 4.23. The van der Waals surface area contributed by atoms with E-state index < -0.39 is 0 Å². The minimum Gasteiger partial charge on any atom is -0.364 e. The largest absolute Gasteiger partial charge is 0.364 e. The molecule has 1 amide bonds. The summed E-state index contributed by atoms with van der Waals surface area (Å²) >= 11 is 3.21. The smallest absolute Gasteiger partial charge is 0.271 e. The zero-order valence-corrected chi connectivity index (χ0v) is 9.84. The van der Waals surface area contributed by atoms with Gasteiger partial charge in [0.05, 0.1) is 0 Å². The molecule has 1 heterocycles. The van der Waals surface area contributed by atoms with Gasteiger partial charge in [0, 0.05) is 18.1 Å². The highest BCUT2D eigenvalue weighted by molar-refractivity contribution is 9.11. The van der Waals surface area contributed by atoms with Crippen LogP contribution in [-0.2, 0) is 0 Å². The molecular weight excluding hydrogens is 260 g/mol. The first kappa shape index (κ1) is 11.6. The van der Waals surface area contributed by atoms with Gasteiger partial charge in [0.25, 0.3) is 5.91 Å². The van der Waals surface area contributed by atoms with Crippen LogP contribution >= 0.6 is 15.9 Å². The number of carbonyl (C=O) groups is 1. The van der Waals surface area contributed by atoms with Crippen molar-refractivity contribution in [2.24, 2.45) is 0 Å². The van der Waals surface area contributed by atoms with Crippen molar-refractivity contribution in [1.29, 1.82) is 0 Å². The molecule has 15 heavy (non-hydrogen) atoms. The third-order valence-corrected chi connectivity index (χ3v) is 1.87. The first-order chi connectivity index (χ1) is 7.13. The highest BCUT2D eigenvalue weighted by Crippen LogP contribution is 2.05. The van der Waals surface area contributed by atoms with Crippen molar-refractivity contribution in [3.63, 3.8) is 0 Å². The zero-order valence-electron chi connectivity index (χ0n) is 8.25. The lowest BCUT2D eigenvalue weighted by Gasteiger charge is -2.03. The molecule has 0 radical (unpaired) electrons. The zero-order chi connectivity index (χ0) is 11.3. The molecule has 1 aromatic heterocycles. The summed E-state index contributed by atoms with van der Waals surface area (Å²) in [5.41, 5.74) is 0.292. The van der Waals surface area contributed by atoms with Crippen molar-refractivity contribution in [2.75, 3.05) is 18.9 Å². The highest BCUT2D eigenvalue weighted by Gasteiger charge is 2.04. The monoisotopic (exact) mass is 270 g/mol. The van der Waals surface area contributed by atoms with Crippen LogP contribution in [0.3, 0.4) is 0 Å². The van der Waals surface area contributed by atoms with Crippen molar-refractivity contribution in [2.45, 2.75) is 0 Å². The van der Waals surface area contributed by atoms with Gasteiger partial charge in [0.1, 0.15) is 5.82 Å². The summed E-state index contributed by atoms with van der Waals surface area (Å²) in [6.45, 7) is 4.23. The van der Waals surface area contributed by atoms with E-state index in [0.29, 0.717) is 18.1 Å². The van der Waals surface area contributed by atoms with Crippen LogP contribution in [0.4, 0.5) is 5.82 Å². The number of hydrogen-bond donors (Lipinski definition) is 2. The lowest BCUT2D eigenvalue weighted by Crippen LogP contribution is -2.19. The van der Waals surface area contributed by atoms with E-state index in [9.17, 15) is 4.79 Å². The maximum Gasteiger partial charge on any atom is 0.271 e. The van der Waals surface area contributed by atoms with E-state index >= 15 is 0 Å². The Balaban J connectivity index is 2.64. The Bertz CT molecular complexity index is 363. The Morgan fingerprint density at radius 1 is 1.53 bits per heavy atom. The molecule has 80 valence electrons.